The van der Waals surface area contributed by atoms with Crippen LogP contribution in [0.3, 0.4) is 0 Å². The summed E-state index contributed by atoms with van der Waals surface area (Å²) >= 11 is 0. The van der Waals surface area contributed by atoms with Gasteiger partial charge in [-0.25, -0.2) is 0 Å². The average molecular weight is 255 g/mol. The summed E-state index contributed by atoms with van der Waals surface area (Å²) in [6.45, 7) is 2.24. The van der Waals surface area contributed by atoms with E-state index in [4.69, 9.17) is 0 Å². The average Bonchev–Trinajstić information content (AvgIpc) is 2.47. The van der Waals surface area contributed by atoms with Crippen LogP contribution in [0.4, 0.5) is 0 Å². The third-order valence-electron chi connectivity index (χ3n) is 4.50. The molecule has 0 aromatic heterocycles. The first-order chi connectivity index (χ1) is 9.32. The lowest BCUT2D eigenvalue weighted by molar-refractivity contribution is 0.402. The molecule has 0 heterocycles. The molecule has 1 heteroatoms. The quantitative estimate of drug-likeness (QED) is 0.645. The van der Waals surface area contributed by atoms with Crippen molar-refractivity contribution in [3.05, 3.63) is 35.4 Å². The molecule has 0 spiro atoms. The largest absolute Gasteiger partial charge is 0.197 e. The highest BCUT2D eigenvalue weighted by Crippen LogP contribution is 2.40. The van der Waals surface area contributed by atoms with Crippen molar-refractivity contribution in [2.75, 3.05) is 0 Å². The molecule has 1 atom stereocenters. The monoisotopic (exact) mass is 255 g/mol. The van der Waals surface area contributed by atoms with Crippen molar-refractivity contribution in [3.63, 3.8) is 0 Å². The number of aryl methyl sites for hydroxylation is 1. The fraction of sp³-hybridized carbons (Fsp3) is 0.611. The van der Waals surface area contributed by atoms with Crippen LogP contribution in [0.2, 0.25) is 0 Å². The summed E-state index contributed by atoms with van der Waals surface area (Å²) in [5.41, 5.74) is 2.53. The van der Waals surface area contributed by atoms with Gasteiger partial charge in [-0.15, -0.1) is 0 Å². The normalized spacial score (nSPS) is 21.7. The summed E-state index contributed by atoms with van der Waals surface area (Å²) in [6, 6.07) is 11.3. The van der Waals surface area contributed by atoms with Gasteiger partial charge in [-0.3, -0.25) is 0 Å². The molecule has 102 valence electrons. The zero-order valence-corrected chi connectivity index (χ0v) is 12.1. The Labute approximate surface area is 117 Å². The van der Waals surface area contributed by atoms with E-state index >= 15 is 0 Å². The van der Waals surface area contributed by atoms with Crippen LogP contribution in [-0.4, -0.2) is 0 Å². The van der Waals surface area contributed by atoms with E-state index in [-0.39, 0.29) is 5.41 Å². The van der Waals surface area contributed by atoms with E-state index < -0.39 is 0 Å². The van der Waals surface area contributed by atoms with Crippen LogP contribution in [0.5, 0.6) is 0 Å². The lowest BCUT2D eigenvalue weighted by atomic mass is 9.68. The molecule has 0 amide bonds. The Morgan fingerprint density at radius 3 is 2.74 bits per heavy atom. The van der Waals surface area contributed by atoms with E-state index in [1.165, 1.54) is 49.7 Å². The first kappa shape index (κ1) is 14.1. The van der Waals surface area contributed by atoms with Gasteiger partial charge in [0, 0.05) is 0 Å². The number of unbranched alkanes of at least 4 members (excludes halogenated alkanes) is 4. The number of nitriles is 1. The third kappa shape index (κ3) is 3.18. The van der Waals surface area contributed by atoms with Crippen molar-refractivity contribution in [1.29, 1.82) is 5.26 Å². The molecule has 1 aliphatic rings. The van der Waals surface area contributed by atoms with Crippen molar-refractivity contribution in [2.45, 2.75) is 70.1 Å². The highest BCUT2D eigenvalue weighted by Gasteiger charge is 2.35. The summed E-state index contributed by atoms with van der Waals surface area (Å²) in [5, 5.41) is 9.74. The van der Waals surface area contributed by atoms with E-state index in [0.29, 0.717) is 0 Å². The summed E-state index contributed by atoms with van der Waals surface area (Å²) < 4.78 is 0. The number of hydrogen-bond acceptors (Lipinski definition) is 1. The van der Waals surface area contributed by atoms with E-state index in [1.54, 1.807) is 0 Å². The number of nitrogens with zero attached hydrogens (tertiary/aromatic N) is 1. The lowest BCUT2D eigenvalue weighted by Crippen LogP contribution is -2.29. The molecule has 0 radical (unpaired) electrons. The zero-order valence-electron chi connectivity index (χ0n) is 12.1. The van der Waals surface area contributed by atoms with Crippen molar-refractivity contribution in [2.24, 2.45) is 0 Å². The molecule has 1 aromatic rings. The number of rotatable bonds is 6. The first-order valence-electron chi connectivity index (χ1n) is 7.82. The van der Waals surface area contributed by atoms with E-state index in [0.717, 1.165) is 19.3 Å². The van der Waals surface area contributed by atoms with Gasteiger partial charge in [0.05, 0.1) is 11.5 Å². The lowest BCUT2D eigenvalue weighted by Gasteiger charge is -2.33. The Morgan fingerprint density at radius 2 is 1.95 bits per heavy atom. The predicted molar refractivity (Wildman–Crippen MR) is 80.0 cm³/mol. The van der Waals surface area contributed by atoms with Gasteiger partial charge < -0.3 is 0 Å². The molecule has 0 fully saturated rings. The molecule has 0 saturated carbocycles. The molecule has 0 N–H and O–H groups in total. The summed E-state index contributed by atoms with van der Waals surface area (Å²) in [5.74, 6) is 0. The van der Waals surface area contributed by atoms with Gasteiger partial charge in [0.25, 0.3) is 0 Å². The van der Waals surface area contributed by atoms with Crippen molar-refractivity contribution < 1.29 is 0 Å². The maximum absolute atomic E-state index is 9.74. The second-order valence-electron chi connectivity index (χ2n) is 5.87. The van der Waals surface area contributed by atoms with E-state index in [9.17, 15) is 5.26 Å². The maximum Gasteiger partial charge on any atom is 0.0825 e. The van der Waals surface area contributed by atoms with Gasteiger partial charge in [-0.2, -0.15) is 5.26 Å². The van der Waals surface area contributed by atoms with Gasteiger partial charge in [0.2, 0.25) is 0 Å². The Morgan fingerprint density at radius 1 is 1.16 bits per heavy atom. The second-order valence-corrected chi connectivity index (χ2v) is 5.87. The SMILES string of the molecule is CCCCCCCC1(C#N)CCCc2ccccc21. The minimum absolute atomic E-state index is 0.193. The van der Waals surface area contributed by atoms with Crippen LogP contribution < -0.4 is 0 Å². The van der Waals surface area contributed by atoms with Crippen LogP contribution in [0.25, 0.3) is 0 Å². The molecule has 19 heavy (non-hydrogen) atoms. The van der Waals surface area contributed by atoms with Gasteiger partial charge in [-0.1, -0.05) is 63.3 Å². The highest BCUT2D eigenvalue weighted by atomic mass is 14.4. The smallest absolute Gasteiger partial charge is 0.0825 e. The topological polar surface area (TPSA) is 23.8 Å². The Hall–Kier alpha value is -1.29. The highest BCUT2D eigenvalue weighted by molar-refractivity contribution is 5.41. The number of benzene rings is 1. The Balaban J connectivity index is 2.05. The molecule has 2 rings (SSSR count). The van der Waals surface area contributed by atoms with Crippen LogP contribution in [0.15, 0.2) is 24.3 Å². The fourth-order valence-electron chi connectivity index (χ4n) is 3.38. The van der Waals surface area contributed by atoms with Gasteiger partial charge >= 0.3 is 0 Å². The van der Waals surface area contributed by atoms with Crippen LogP contribution in [0.1, 0.15) is 69.4 Å². The molecular weight excluding hydrogens is 230 g/mol. The molecule has 1 unspecified atom stereocenters. The summed E-state index contributed by atoms with van der Waals surface area (Å²) in [4.78, 5) is 0. The Kier molecular flexibility index (Phi) is 5.02. The van der Waals surface area contributed by atoms with Gasteiger partial charge in [0.15, 0.2) is 0 Å². The fourth-order valence-corrected chi connectivity index (χ4v) is 3.38. The molecular formula is C18H25N. The first-order valence-corrected chi connectivity index (χ1v) is 7.82. The third-order valence-corrected chi connectivity index (χ3v) is 4.50. The van der Waals surface area contributed by atoms with Gasteiger partial charge in [-0.05, 0) is 36.8 Å². The van der Waals surface area contributed by atoms with E-state index in [2.05, 4.69) is 37.3 Å². The minimum atomic E-state index is -0.193. The summed E-state index contributed by atoms with van der Waals surface area (Å²) in [6.07, 6.45) is 10.8. The second kappa shape index (κ2) is 6.75. The van der Waals surface area contributed by atoms with Crippen molar-refractivity contribution in [1.82, 2.24) is 0 Å². The van der Waals surface area contributed by atoms with Crippen LogP contribution in [-0.2, 0) is 11.8 Å². The maximum atomic E-state index is 9.74. The Bertz CT molecular complexity index is 443. The number of fused-ring (bicyclic) bond motifs is 1. The molecule has 0 bridgehead atoms. The van der Waals surface area contributed by atoms with Gasteiger partial charge in [0.1, 0.15) is 0 Å². The van der Waals surface area contributed by atoms with E-state index in [1.807, 2.05) is 0 Å². The van der Waals surface area contributed by atoms with Crippen molar-refractivity contribution >= 4 is 0 Å². The van der Waals surface area contributed by atoms with Crippen LogP contribution in [0, 0.1) is 11.3 Å². The standard InChI is InChI=1S/C18H25N/c1-2-3-4-5-8-13-18(15-19)14-9-11-16-10-6-7-12-17(16)18/h6-7,10,12H,2-5,8-9,11,13-14H2,1H3. The molecule has 1 aliphatic carbocycles. The molecule has 0 saturated heterocycles. The minimum Gasteiger partial charge on any atom is -0.197 e. The number of hydrogen-bond donors (Lipinski definition) is 0. The zero-order chi connectivity index (χ0) is 13.6. The molecule has 1 nitrogen and oxygen atoms in total. The van der Waals surface area contributed by atoms with Crippen molar-refractivity contribution in [3.8, 4) is 6.07 Å². The summed E-state index contributed by atoms with van der Waals surface area (Å²) in [7, 11) is 0. The molecule has 0 aliphatic heterocycles. The van der Waals surface area contributed by atoms with Crippen LogP contribution >= 0.6 is 0 Å². The molecule has 1 aromatic carbocycles. The predicted octanol–water partition coefficient (Wildman–Crippen LogP) is 5.14.